The number of carbonyl (C=O) groups is 2. The third-order valence-corrected chi connectivity index (χ3v) is 9.84. The summed E-state index contributed by atoms with van der Waals surface area (Å²) in [7, 11) is -4.10. The Morgan fingerprint density at radius 1 is 0.857 bits per heavy atom. The molecule has 0 aromatic heterocycles. The maximum atomic E-state index is 14.2. The fraction of sp³-hybridized carbons (Fsp3) is 0.412. The number of nitrogens with one attached hydrogen (secondary N) is 1. The van der Waals surface area contributed by atoms with Crippen LogP contribution in [0.3, 0.4) is 0 Å². The van der Waals surface area contributed by atoms with E-state index in [2.05, 4.69) is 5.32 Å². The summed E-state index contributed by atoms with van der Waals surface area (Å²) in [5.41, 5.74) is 5.02. The monoisotopic (exact) mass is 589 g/mol. The van der Waals surface area contributed by atoms with Gasteiger partial charge in [-0.3, -0.25) is 13.9 Å². The quantitative estimate of drug-likeness (QED) is 0.315. The summed E-state index contributed by atoms with van der Waals surface area (Å²) >= 11 is 0. The molecule has 0 saturated heterocycles. The minimum atomic E-state index is -4.10. The lowest BCUT2D eigenvalue weighted by atomic mass is 9.95. The van der Waals surface area contributed by atoms with Crippen molar-refractivity contribution >= 4 is 27.5 Å². The molecule has 1 atom stereocenters. The molecule has 1 aliphatic carbocycles. The molecule has 42 heavy (non-hydrogen) atoms. The van der Waals surface area contributed by atoms with Gasteiger partial charge in [-0.1, -0.05) is 84.5 Å². The molecule has 1 fully saturated rings. The number of benzene rings is 3. The Hall–Kier alpha value is -3.65. The molecule has 3 aromatic rings. The van der Waals surface area contributed by atoms with Crippen molar-refractivity contribution in [3.8, 4) is 0 Å². The van der Waals surface area contributed by atoms with Crippen molar-refractivity contribution in [1.82, 2.24) is 10.2 Å². The molecule has 1 N–H and O–H groups in total. The van der Waals surface area contributed by atoms with Crippen LogP contribution in [0, 0.1) is 27.7 Å². The third-order valence-electron chi connectivity index (χ3n) is 8.06. The minimum Gasteiger partial charge on any atom is -0.352 e. The van der Waals surface area contributed by atoms with Crippen molar-refractivity contribution in [3.05, 3.63) is 94.5 Å². The van der Waals surface area contributed by atoms with Gasteiger partial charge in [-0.25, -0.2) is 8.42 Å². The van der Waals surface area contributed by atoms with Crippen LogP contribution >= 0.6 is 0 Å². The first-order valence-corrected chi connectivity index (χ1v) is 16.2. The summed E-state index contributed by atoms with van der Waals surface area (Å²) < 4.78 is 29.4. The van der Waals surface area contributed by atoms with Gasteiger partial charge in [0.05, 0.1) is 10.6 Å². The van der Waals surface area contributed by atoms with Crippen LogP contribution in [-0.2, 0) is 26.2 Å². The SMILES string of the molecule is Cc1ccc(S(=O)(=O)N(CC(=O)N(Cc2cccc(C)c2)[C@@H](C)C(=O)NC2CCCCC2)c2ccc(C)cc2C)cc1. The van der Waals surface area contributed by atoms with Crippen LogP contribution in [0.5, 0.6) is 0 Å². The van der Waals surface area contributed by atoms with Gasteiger partial charge in [0.2, 0.25) is 11.8 Å². The number of sulfonamides is 1. The Bertz CT molecular complexity index is 1510. The van der Waals surface area contributed by atoms with Crippen LogP contribution in [0.15, 0.2) is 71.6 Å². The smallest absolute Gasteiger partial charge is 0.264 e. The molecule has 0 aliphatic heterocycles. The normalized spacial score (nSPS) is 14.7. The van der Waals surface area contributed by atoms with Crippen LogP contribution in [0.2, 0.25) is 0 Å². The Labute approximate surface area is 251 Å². The number of rotatable bonds is 10. The van der Waals surface area contributed by atoms with Gasteiger partial charge in [0.15, 0.2) is 0 Å². The van der Waals surface area contributed by atoms with E-state index in [0.717, 1.165) is 53.5 Å². The van der Waals surface area contributed by atoms with Crippen molar-refractivity contribution in [1.29, 1.82) is 0 Å². The van der Waals surface area contributed by atoms with E-state index in [-0.39, 0.29) is 23.4 Å². The summed E-state index contributed by atoms with van der Waals surface area (Å²) in [6, 6.07) is 19.2. The molecule has 0 radical (unpaired) electrons. The van der Waals surface area contributed by atoms with E-state index in [9.17, 15) is 18.0 Å². The molecule has 0 bridgehead atoms. The maximum Gasteiger partial charge on any atom is 0.264 e. The Morgan fingerprint density at radius 2 is 1.50 bits per heavy atom. The molecule has 1 aliphatic rings. The average Bonchev–Trinajstić information content (AvgIpc) is 2.95. The van der Waals surface area contributed by atoms with E-state index in [1.54, 1.807) is 37.3 Å². The lowest BCUT2D eigenvalue weighted by molar-refractivity contribution is -0.139. The molecule has 224 valence electrons. The standard InChI is InChI=1S/C34H43N3O4S/c1-24-14-17-31(18-15-24)42(40,41)37(32-19-16-26(3)20-27(32)4)23-33(38)36(22-29-11-9-10-25(2)21-29)28(5)34(39)35-30-12-7-6-8-13-30/h9-11,14-21,28,30H,6-8,12-13,22-23H2,1-5H3,(H,35,39)/t28-/m0/s1. The van der Waals surface area contributed by atoms with Crippen molar-refractivity contribution in [2.45, 2.75) is 90.2 Å². The second-order valence-corrected chi connectivity index (χ2v) is 13.5. The van der Waals surface area contributed by atoms with Gasteiger partial charge in [-0.15, -0.1) is 0 Å². The number of hydrogen-bond acceptors (Lipinski definition) is 4. The van der Waals surface area contributed by atoms with Crippen molar-refractivity contribution in [2.75, 3.05) is 10.8 Å². The zero-order valence-corrected chi connectivity index (χ0v) is 26.2. The number of anilines is 1. The van der Waals surface area contributed by atoms with Gasteiger partial charge in [0.1, 0.15) is 12.6 Å². The Morgan fingerprint density at radius 3 is 2.14 bits per heavy atom. The largest absolute Gasteiger partial charge is 0.352 e. The second kappa shape index (κ2) is 13.6. The van der Waals surface area contributed by atoms with Crippen molar-refractivity contribution in [3.63, 3.8) is 0 Å². The molecule has 3 aromatic carbocycles. The highest BCUT2D eigenvalue weighted by Crippen LogP contribution is 2.28. The predicted octanol–water partition coefficient (Wildman–Crippen LogP) is 5.98. The van der Waals surface area contributed by atoms with Gasteiger partial charge in [-0.05, 0) is 76.8 Å². The highest BCUT2D eigenvalue weighted by atomic mass is 32.2. The van der Waals surface area contributed by atoms with Crippen LogP contribution in [0.4, 0.5) is 5.69 Å². The number of amides is 2. The second-order valence-electron chi connectivity index (χ2n) is 11.6. The van der Waals surface area contributed by atoms with E-state index < -0.39 is 28.5 Å². The summed E-state index contributed by atoms with van der Waals surface area (Å²) in [6.45, 7) is 9.13. The van der Waals surface area contributed by atoms with Crippen LogP contribution in [-0.4, -0.2) is 43.8 Å². The van der Waals surface area contributed by atoms with E-state index in [1.165, 1.54) is 15.6 Å². The molecule has 2 amide bonds. The molecule has 1 saturated carbocycles. The number of nitrogens with zero attached hydrogens (tertiary/aromatic N) is 2. The first kappa shape index (κ1) is 31.3. The van der Waals surface area contributed by atoms with E-state index >= 15 is 0 Å². The summed E-state index contributed by atoms with van der Waals surface area (Å²) in [5.74, 6) is -0.666. The first-order chi connectivity index (χ1) is 20.0. The Balaban J connectivity index is 1.70. The molecule has 8 heteroatoms. The zero-order chi connectivity index (χ0) is 30.4. The molecule has 0 spiro atoms. The molecule has 4 rings (SSSR count). The number of hydrogen-bond donors (Lipinski definition) is 1. The van der Waals surface area contributed by atoms with Crippen LogP contribution in [0.1, 0.15) is 66.8 Å². The molecular weight excluding hydrogens is 546 g/mol. The van der Waals surface area contributed by atoms with Gasteiger partial charge in [0.25, 0.3) is 10.0 Å². The fourth-order valence-electron chi connectivity index (χ4n) is 5.59. The summed E-state index contributed by atoms with van der Waals surface area (Å²) in [4.78, 5) is 29.3. The van der Waals surface area contributed by atoms with Crippen LogP contribution in [0.25, 0.3) is 0 Å². The molecule has 0 unspecified atom stereocenters. The fourth-order valence-corrected chi connectivity index (χ4v) is 7.07. The molecular formula is C34H43N3O4S. The van der Waals surface area contributed by atoms with Gasteiger partial charge in [-0.2, -0.15) is 0 Å². The molecule has 7 nitrogen and oxygen atoms in total. The van der Waals surface area contributed by atoms with E-state index in [0.29, 0.717) is 5.69 Å². The van der Waals surface area contributed by atoms with Crippen molar-refractivity contribution < 1.29 is 18.0 Å². The van der Waals surface area contributed by atoms with E-state index in [4.69, 9.17) is 0 Å². The van der Waals surface area contributed by atoms with Gasteiger partial charge in [0, 0.05) is 12.6 Å². The average molecular weight is 590 g/mol. The lowest BCUT2D eigenvalue weighted by Gasteiger charge is -2.33. The Kier molecular flexibility index (Phi) is 10.1. The predicted molar refractivity (Wildman–Crippen MR) is 168 cm³/mol. The number of aryl methyl sites for hydroxylation is 4. The van der Waals surface area contributed by atoms with Gasteiger partial charge >= 0.3 is 0 Å². The van der Waals surface area contributed by atoms with E-state index in [1.807, 2.05) is 64.1 Å². The van der Waals surface area contributed by atoms with Gasteiger partial charge < -0.3 is 10.2 Å². The topological polar surface area (TPSA) is 86.8 Å². The third kappa shape index (κ3) is 7.59. The summed E-state index contributed by atoms with van der Waals surface area (Å²) in [6.07, 6.45) is 5.18. The van der Waals surface area contributed by atoms with Crippen LogP contribution < -0.4 is 9.62 Å². The number of carbonyl (C=O) groups excluding carboxylic acids is 2. The first-order valence-electron chi connectivity index (χ1n) is 14.8. The molecule has 0 heterocycles. The minimum absolute atomic E-state index is 0.0956. The highest BCUT2D eigenvalue weighted by molar-refractivity contribution is 7.92. The summed E-state index contributed by atoms with van der Waals surface area (Å²) in [5, 5.41) is 3.15. The van der Waals surface area contributed by atoms with Crippen molar-refractivity contribution in [2.24, 2.45) is 0 Å². The zero-order valence-electron chi connectivity index (χ0n) is 25.4. The maximum absolute atomic E-state index is 14.2. The highest BCUT2D eigenvalue weighted by Gasteiger charge is 2.33. The lowest BCUT2D eigenvalue weighted by Crippen LogP contribution is -2.53.